The number of anilines is 1. The summed E-state index contributed by atoms with van der Waals surface area (Å²) in [5, 5.41) is 15.8. The summed E-state index contributed by atoms with van der Waals surface area (Å²) in [5.41, 5.74) is -0.238. The van der Waals surface area contributed by atoms with Crippen molar-refractivity contribution in [3.8, 4) is 0 Å². The van der Waals surface area contributed by atoms with Crippen molar-refractivity contribution in [1.82, 2.24) is 15.5 Å². The molecule has 1 atom stereocenters. The van der Waals surface area contributed by atoms with E-state index in [1.807, 2.05) is 13.8 Å². The van der Waals surface area contributed by atoms with Gasteiger partial charge in [-0.05, 0) is 68.6 Å². The predicted molar refractivity (Wildman–Crippen MR) is 115 cm³/mol. The normalized spacial score (nSPS) is 31.1. The molecule has 1 unspecified atom stereocenters. The molecule has 0 aromatic carbocycles. The van der Waals surface area contributed by atoms with Crippen molar-refractivity contribution >= 4 is 28.3 Å². The van der Waals surface area contributed by atoms with Gasteiger partial charge in [0.05, 0.1) is 0 Å². The number of hydrogen-bond donors (Lipinski definition) is 2. The first-order valence-corrected chi connectivity index (χ1v) is 12.1. The molecule has 4 saturated carbocycles. The van der Waals surface area contributed by atoms with Crippen molar-refractivity contribution in [2.45, 2.75) is 84.6 Å². The number of carbonyl (C=O) groups excluding carboxylic acids is 2. The SMILES string of the molecule is CCCCc1nnc(NC(=O)C(NC(=O)C23CC4CC(CC(C4)C2)C3)C(C)C)s1. The minimum atomic E-state index is -0.543. The zero-order chi connectivity index (χ0) is 20.6. The monoisotopic (exact) mass is 418 g/mol. The van der Waals surface area contributed by atoms with Crippen LogP contribution in [0.3, 0.4) is 0 Å². The Morgan fingerprint density at radius 1 is 1.10 bits per heavy atom. The summed E-state index contributed by atoms with van der Waals surface area (Å²) < 4.78 is 0. The van der Waals surface area contributed by atoms with Gasteiger partial charge in [0.15, 0.2) is 0 Å². The molecule has 0 saturated heterocycles. The molecule has 1 aromatic heterocycles. The molecule has 4 fully saturated rings. The van der Waals surface area contributed by atoms with Crippen molar-refractivity contribution in [2.24, 2.45) is 29.1 Å². The Kier molecular flexibility index (Phi) is 5.96. The summed E-state index contributed by atoms with van der Waals surface area (Å²) in [6, 6.07) is -0.543. The third-order valence-corrected chi connectivity index (χ3v) is 8.10. The third kappa shape index (κ3) is 4.35. The van der Waals surface area contributed by atoms with E-state index in [9.17, 15) is 9.59 Å². The molecule has 1 aromatic rings. The van der Waals surface area contributed by atoms with Crippen LogP contribution in [0.5, 0.6) is 0 Å². The van der Waals surface area contributed by atoms with Gasteiger partial charge in [0, 0.05) is 11.8 Å². The summed E-state index contributed by atoms with van der Waals surface area (Å²) in [5.74, 6) is 2.06. The van der Waals surface area contributed by atoms with Crippen molar-refractivity contribution in [3.63, 3.8) is 0 Å². The molecule has 29 heavy (non-hydrogen) atoms. The van der Waals surface area contributed by atoms with E-state index in [0.717, 1.165) is 43.5 Å². The maximum atomic E-state index is 13.4. The molecule has 2 amide bonds. The minimum Gasteiger partial charge on any atom is -0.344 e. The van der Waals surface area contributed by atoms with E-state index in [1.165, 1.54) is 30.6 Å². The van der Waals surface area contributed by atoms with Crippen LogP contribution < -0.4 is 10.6 Å². The van der Waals surface area contributed by atoms with E-state index in [0.29, 0.717) is 22.9 Å². The second-order valence-corrected chi connectivity index (χ2v) is 11.0. The van der Waals surface area contributed by atoms with Gasteiger partial charge in [0.2, 0.25) is 16.9 Å². The molecular formula is C22H34N4O2S. The fourth-order valence-corrected chi connectivity index (χ4v) is 6.92. The maximum absolute atomic E-state index is 13.4. The summed E-state index contributed by atoms with van der Waals surface area (Å²) in [6.45, 7) is 6.11. The summed E-state index contributed by atoms with van der Waals surface area (Å²) in [4.78, 5) is 26.3. The fraction of sp³-hybridized carbons (Fsp3) is 0.818. The highest BCUT2D eigenvalue weighted by atomic mass is 32.1. The molecule has 5 rings (SSSR count). The average Bonchev–Trinajstić information content (AvgIpc) is 3.09. The lowest BCUT2D eigenvalue weighted by Crippen LogP contribution is -2.57. The van der Waals surface area contributed by atoms with Gasteiger partial charge in [0.1, 0.15) is 11.0 Å². The summed E-state index contributed by atoms with van der Waals surface area (Å²) in [6.07, 6.45) is 10.00. The second kappa shape index (κ2) is 8.32. The summed E-state index contributed by atoms with van der Waals surface area (Å²) in [7, 11) is 0. The van der Waals surface area contributed by atoms with Crippen molar-refractivity contribution in [1.29, 1.82) is 0 Å². The Hall–Kier alpha value is -1.50. The van der Waals surface area contributed by atoms with Gasteiger partial charge in [-0.1, -0.05) is 38.5 Å². The van der Waals surface area contributed by atoms with E-state index in [1.54, 1.807) is 0 Å². The van der Waals surface area contributed by atoms with Gasteiger partial charge in [-0.25, -0.2) is 0 Å². The highest BCUT2D eigenvalue weighted by Crippen LogP contribution is 2.60. The van der Waals surface area contributed by atoms with Crippen molar-refractivity contribution in [3.05, 3.63) is 5.01 Å². The number of aryl methyl sites for hydroxylation is 1. The number of aromatic nitrogens is 2. The Labute approximate surface area is 177 Å². The van der Waals surface area contributed by atoms with E-state index in [2.05, 4.69) is 27.8 Å². The van der Waals surface area contributed by atoms with E-state index >= 15 is 0 Å². The highest BCUT2D eigenvalue weighted by molar-refractivity contribution is 7.15. The van der Waals surface area contributed by atoms with Crippen LogP contribution in [0.1, 0.15) is 77.1 Å². The van der Waals surface area contributed by atoms with Crippen molar-refractivity contribution in [2.75, 3.05) is 5.32 Å². The molecular weight excluding hydrogens is 384 g/mol. The van der Waals surface area contributed by atoms with E-state index < -0.39 is 6.04 Å². The molecule has 6 nitrogen and oxygen atoms in total. The number of hydrogen-bond acceptors (Lipinski definition) is 5. The molecule has 0 radical (unpaired) electrons. The first-order chi connectivity index (χ1) is 13.9. The number of nitrogens with one attached hydrogen (secondary N) is 2. The topological polar surface area (TPSA) is 84.0 Å². The number of unbranched alkanes of at least 4 members (excludes halogenated alkanes) is 1. The quantitative estimate of drug-likeness (QED) is 0.663. The lowest BCUT2D eigenvalue weighted by molar-refractivity contribution is -0.148. The van der Waals surface area contributed by atoms with Crippen LogP contribution in [-0.4, -0.2) is 28.1 Å². The third-order valence-electron chi connectivity index (χ3n) is 7.20. The van der Waals surface area contributed by atoms with E-state index in [4.69, 9.17) is 0 Å². The number of nitrogens with zero attached hydrogens (tertiary/aromatic N) is 2. The molecule has 2 N–H and O–H groups in total. The number of carbonyl (C=O) groups is 2. The van der Waals surface area contributed by atoms with Crippen LogP contribution in [0, 0.1) is 29.1 Å². The average molecular weight is 419 g/mol. The minimum absolute atomic E-state index is 0.0142. The standard InChI is InChI=1S/C22H34N4O2S/c1-4-5-6-17-25-26-21(29-17)24-19(27)18(13(2)3)23-20(28)22-10-14-7-15(11-22)9-16(8-14)12-22/h13-16,18H,4-12H2,1-3H3,(H,23,28)(H,24,26,27). The Balaban J connectivity index is 1.40. The van der Waals surface area contributed by atoms with Gasteiger partial charge in [0.25, 0.3) is 0 Å². The van der Waals surface area contributed by atoms with Crippen molar-refractivity contribution < 1.29 is 9.59 Å². The van der Waals surface area contributed by atoms with Crippen LogP contribution in [0.25, 0.3) is 0 Å². The second-order valence-electron chi connectivity index (χ2n) is 9.99. The fourth-order valence-electron chi connectivity index (χ4n) is 6.13. The lowest BCUT2D eigenvalue weighted by Gasteiger charge is -2.55. The molecule has 4 aliphatic rings. The van der Waals surface area contributed by atoms with Gasteiger partial charge in [-0.15, -0.1) is 10.2 Å². The van der Waals surface area contributed by atoms with E-state index in [-0.39, 0.29) is 23.1 Å². The van der Waals surface area contributed by atoms with Crippen LogP contribution in [0.15, 0.2) is 0 Å². The molecule has 7 heteroatoms. The predicted octanol–water partition coefficient (Wildman–Crippen LogP) is 4.18. The largest absolute Gasteiger partial charge is 0.344 e. The molecule has 1 heterocycles. The zero-order valence-corrected chi connectivity index (χ0v) is 18.7. The van der Waals surface area contributed by atoms with Crippen LogP contribution in [-0.2, 0) is 16.0 Å². The molecule has 0 aliphatic heterocycles. The molecule has 160 valence electrons. The first-order valence-electron chi connectivity index (χ1n) is 11.3. The van der Waals surface area contributed by atoms with Crippen LogP contribution >= 0.6 is 11.3 Å². The van der Waals surface area contributed by atoms with Gasteiger partial charge in [-0.3, -0.25) is 14.9 Å². The number of rotatable bonds is 8. The van der Waals surface area contributed by atoms with Gasteiger partial charge < -0.3 is 5.32 Å². The Morgan fingerprint density at radius 2 is 1.72 bits per heavy atom. The maximum Gasteiger partial charge on any atom is 0.249 e. The molecule has 4 bridgehead atoms. The Morgan fingerprint density at radius 3 is 2.28 bits per heavy atom. The summed E-state index contributed by atoms with van der Waals surface area (Å²) >= 11 is 1.43. The Bertz CT molecular complexity index is 724. The first kappa shape index (κ1) is 20.8. The lowest BCUT2D eigenvalue weighted by atomic mass is 9.49. The van der Waals surface area contributed by atoms with Crippen LogP contribution in [0.2, 0.25) is 0 Å². The molecule has 4 aliphatic carbocycles. The zero-order valence-electron chi connectivity index (χ0n) is 17.9. The van der Waals surface area contributed by atoms with Gasteiger partial charge >= 0.3 is 0 Å². The highest BCUT2D eigenvalue weighted by Gasteiger charge is 2.55. The van der Waals surface area contributed by atoms with Crippen LogP contribution in [0.4, 0.5) is 5.13 Å². The molecule has 0 spiro atoms. The van der Waals surface area contributed by atoms with Gasteiger partial charge in [-0.2, -0.15) is 0 Å². The number of amides is 2. The smallest absolute Gasteiger partial charge is 0.249 e.